The fourth-order valence-corrected chi connectivity index (χ4v) is 3.45. The number of aromatic nitrogens is 1. The molecular weight excluding hydrogens is 387 g/mol. The number of hydrogen-bond donors (Lipinski definition) is 1. The highest BCUT2D eigenvalue weighted by molar-refractivity contribution is 6.31. The molecule has 0 radical (unpaired) electrons. The Hall–Kier alpha value is -2.89. The van der Waals surface area contributed by atoms with Gasteiger partial charge < -0.3 is 0 Å². The predicted molar refractivity (Wildman–Crippen MR) is 116 cm³/mol. The maximum absolute atomic E-state index is 15.0. The molecule has 0 saturated carbocycles. The molecule has 3 aromatic rings. The Morgan fingerprint density at radius 3 is 2.59 bits per heavy atom. The Bertz CT molecular complexity index is 1060. The van der Waals surface area contributed by atoms with Gasteiger partial charge in [-0.1, -0.05) is 48.0 Å². The Labute approximate surface area is 174 Å². The summed E-state index contributed by atoms with van der Waals surface area (Å²) >= 11 is 6.02. The van der Waals surface area contributed by atoms with Crippen molar-refractivity contribution in [3.05, 3.63) is 88.7 Å². The topological polar surface area (TPSA) is 49.6 Å². The van der Waals surface area contributed by atoms with E-state index < -0.39 is 12.3 Å². The molecule has 1 aliphatic rings. The van der Waals surface area contributed by atoms with Crippen molar-refractivity contribution in [1.29, 1.82) is 0 Å². The van der Waals surface area contributed by atoms with E-state index >= 15 is 0 Å². The highest BCUT2D eigenvalue weighted by atomic mass is 35.5. The molecule has 1 aromatic heterocycles. The predicted octanol–water partition coefficient (Wildman–Crippen LogP) is 5.00. The number of benzene rings is 2. The lowest BCUT2D eigenvalue weighted by Crippen LogP contribution is -2.42. The largest absolute Gasteiger partial charge is 0.289 e. The van der Waals surface area contributed by atoms with Gasteiger partial charge >= 0.3 is 0 Å². The van der Waals surface area contributed by atoms with Crippen LogP contribution in [0.4, 0.5) is 4.39 Å². The first-order valence-electron chi connectivity index (χ1n) is 9.35. The molecule has 0 fully saturated rings. The van der Waals surface area contributed by atoms with Crippen molar-refractivity contribution >= 4 is 23.7 Å². The summed E-state index contributed by atoms with van der Waals surface area (Å²) in [4.78, 5) is 12.5. The van der Waals surface area contributed by atoms with Gasteiger partial charge in [-0.2, -0.15) is 0 Å². The molecule has 4 rings (SSSR count). The highest BCUT2D eigenvalue weighted by Crippen LogP contribution is 2.21. The summed E-state index contributed by atoms with van der Waals surface area (Å²) in [5, 5.41) is 3.72. The summed E-state index contributed by atoms with van der Waals surface area (Å²) in [5.41, 5.74) is 5.28. The van der Waals surface area contributed by atoms with Gasteiger partial charge in [0.25, 0.3) is 0 Å². The minimum Gasteiger partial charge on any atom is -0.289 e. The molecule has 146 valence electrons. The second-order valence-electron chi connectivity index (χ2n) is 6.90. The smallest absolute Gasteiger partial charge is 0.178 e. The fraction of sp³-hybridized carbons (Fsp3) is 0.174. The lowest BCUT2D eigenvalue weighted by molar-refractivity contribution is 0.322. The standard InChI is InChI=1S/C23H20ClFN4/c1-15-11-18(9-10-26-15)17-7-5-16(6-8-17)13-27-23-21(25)22(28-14-29-23)19-3-2-4-20(24)12-19/h2-12,14,21,23,27H,13H2,1H3. The van der Waals surface area contributed by atoms with Crippen molar-refractivity contribution in [2.24, 2.45) is 9.98 Å². The quantitative estimate of drug-likeness (QED) is 0.648. The number of alkyl halides is 1. The van der Waals surface area contributed by atoms with Crippen LogP contribution in [0.3, 0.4) is 0 Å². The number of rotatable bonds is 5. The Balaban J connectivity index is 1.41. The van der Waals surface area contributed by atoms with Crippen molar-refractivity contribution in [1.82, 2.24) is 10.3 Å². The molecule has 6 heteroatoms. The molecule has 0 saturated heterocycles. The van der Waals surface area contributed by atoms with Crippen molar-refractivity contribution < 1.29 is 4.39 Å². The summed E-state index contributed by atoms with van der Waals surface area (Å²) < 4.78 is 15.0. The first-order valence-corrected chi connectivity index (χ1v) is 9.73. The fourth-order valence-electron chi connectivity index (χ4n) is 3.26. The zero-order valence-corrected chi connectivity index (χ0v) is 16.6. The second-order valence-corrected chi connectivity index (χ2v) is 7.34. The van der Waals surface area contributed by atoms with Crippen molar-refractivity contribution in [2.75, 3.05) is 0 Å². The number of aliphatic imine (C=N–C) groups is 2. The van der Waals surface area contributed by atoms with Gasteiger partial charge in [0.15, 0.2) is 6.17 Å². The molecule has 0 spiro atoms. The maximum atomic E-state index is 15.0. The van der Waals surface area contributed by atoms with E-state index in [1.165, 1.54) is 6.34 Å². The number of nitrogens with one attached hydrogen (secondary N) is 1. The average Bonchev–Trinajstić information content (AvgIpc) is 2.73. The molecule has 0 bridgehead atoms. The Morgan fingerprint density at radius 2 is 1.83 bits per heavy atom. The minimum absolute atomic E-state index is 0.336. The van der Waals surface area contributed by atoms with Crippen LogP contribution in [-0.4, -0.2) is 29.4 Å². The van der Waals surface area contributed by atoms with E-state index in [2.05, 4.69) is 32.4 Å². The molecule has 2 aromatic carbocycles. The van der Waals surface area contributed by atoms with Gasteiger partial charge in [0, 0.05) is 29.0 Å². The van der Waals surface area contributed by atoms with E-state index in [1.54, 1.807) is 24.3 Å². The van der Waals surface area contributed by atoms with E-state index in [0.717, 1.165) is 22.4 Å². The summed E-state index contributed by atoms with van der Waals surface area (Å²) in [6, 6.07) is 19.3. The average molecular weight is 407 g/mol. The first-order chi connectivity index (χ1) is 14.1. The third kappa shape index (κ3) is 4.58. The van der Waals surface area contributed by atoms with Gasteiger partial charge in [-0.3, -0.25) is 15.3 Å². The molecule has 4 nitrogen and oxygen atoms in total. The molecule has 2 heterocycles. The van der Waals surface area contributed by atoms with Crippen LogP contribution in [0.5, 0.6) is 0 Å². The minimum atomic E-state index is -1.35. The molecular formula is C23H20ClFN4. The van der Waals surface area contributed by atoms with Gasteiger partial charge in [0.2, 0.25) is 0 Å². The van der Waals surface area contributed by atoms with Crippen LogP contribution >= 0.6 is 11.6 Å². The van der Waals surface area contributed by atoms with Crippen molar-refractivity contribution in [3.8, 4) is 11.1 Å². The molecule has 2 unspecified atom stereocenters. The monoisotopic (exact) mass is 406 g/mol. The van der Waals surface area contributed by atoms with Gasteiger partial charge in [0.05, 0.1) is 5.71 Å². The molecule has 1 N–H and O–H groups in total. The zero-order valence-electron chi connectivity index (χ0n) is 15.9. The number of pyridine rings is 1. The van der Waals surface area contributed by atoms with Gasteiger partial charge in [-0.25, -0.2) is 9.38 Å². The first kappa shape index (κ1) is 19.4. The number of halogens is 2. The van der Waals surface area contributed by atoms with Crippen LogP contribution in [0.15, 0.2) is 76.8 Å². The van der Waals surface area contributed by atoms with Crippen LogP contribution < -0.4 is 5.32 Å². The number of nitrogens with zero attached hydrogens (tertiary/aromatic N) is 3. The second kappa shape index (κ2) is 8.64. The molecule has 29 heavy (non-hydrogen) atoms. The lowest BCUT2D eigenvalue weighted by atomic mass is 10.0. The zero-order chi connectivity index (χ0) is 20.2. The highest BCUT2D eigenvalue weighted by Gasteiger charge is 2.28. The molecule has 1 aliphatic heterocycles. The van der Waals surface area contributed by atoms with Crippen molar-refractivity contribution in [2.45, 2.75) is 25.8 Å². The third-order valence-corrected chi connectivity index (χ3v) is 5.02. The molecule has 0 aliphatic carbocycles. The lowest BCUT2D eigenvalue weighted by Gasteiger charge is -2.23. The molecule has 0 amide bonds. The Kier molecular flexibility index (Phi) is 5.79. The number of hydrogen-bond acceptors (Lipinski definition) is 4. The van der Waals surface area contributed by atoms with Gasteiger partial charge in [0.1, 0.15) is 12.5 Å². The van der Waals surface area contributed by atoms with E-state index in [0.29, 0.717) is 22.8 Å². The normalized spacial score (nSPS) is 18.5. The summed E-state index contributed by atoms with van der Waals surface area (Å²) in [5.74, 6) is 0. The summed E-state index contributed by atoms with van der Waals surface area (Å²) in [6.07, 6.45) is 1.17. The van der Waals surface area contributed by atoms with Crippen LogP contribution in [0.2, 0.25) is 5.02 Å². The summed E-state index contributed by atoms with van der Waals surface area (Å²) in [6.45, 7) is 2.47. The van der Waals surface area contributed by atoms with E-state index in [9.17, 15) is 4.39 Å². The van der Waals surface area contributed by atoms with E-state index in [1.807, 2.05) is 37.4 Å². The van der Waals surface area contributed by atoms with E-state index in [4.69, 9.17) is 11.6 Å². The molecule has 2 atom stereocenters. The number of aryl methyl sites for hydroxylation is 1. The Morgan fingerprint density at radius 1 is 1.00 bits per heavy atom. The summed E-state index contributed by atoms with van der Waals surface area (Å²) in [7, 11) is 0. The third-order valence-electron chi connectivity index (χ3n) is 4.78. The van der Waals surface area contributed by atoms with E-state index in [-0.39, 0.29) is 0 Å². The van der Waals surface area contributed by atoms with Crippen LogP contribution in [0.25, 0.3) is 11.1 Å². The van der Waals surface area contributed by atoms with Gasteiger partial charge in [-0.15, -0.1) is 0 Å². The SMILES string of the molecule is Cc1cc(-c2ccc(CNC3N=CN=C(c4cccc(Cl)c4)C3F)cc2)ccn1. The van der Waals surface area contributed by atoms with Crippen molar-refractivity contribution in [3.63, 3.8) is 0 Å². The van der Waals surface area contributed by atoms with Crippen LogP contribution in [0.1, 0.15) is 16.8 Å². The van der Waals surface area contributed by atoms with Crippen LogP contribution in [0, 0.1) is 6.92 Å². The van der Waals surface area contributed by atoms with Crippen LogP contribution in [-0.2, 0) is 6.54 Å². The maximum Gasteiger partial charge on any atom is 0.178 e. The van der Waals surface area contributed by atoms with Gasteiger partial charge in [-0.05, 0) is 47.9 Å².